The molecule has 0 aromatic heterocycles. The number of carbonyl (C=O) groups is 1. The molecular formula is C27H31NO2. The van der Waals surface area contributed by atoms with Crippen molar-refractivity contribution in [2.24, 2.45) is 5.92 Å². The first-order valence-electron chi connectivity index (χ1n) is 11.2. The zero-order valence-electron chi connectivity index (χ0n) is 17.9. The van der Waals surface area contributed by atoms with Gasteiger partial charge in [-0.25, -0.2) is 4.79 Å². The number of benzene rings is 2. The van der Waals surface area contributed by atoms with Crippen molar-refractivity contribution in [1.29, 1.82) is 5.26 Å². The van der Waals surface area contributed by atoms with Crippen LogP contribution >= 0.6 is 0 Å². The molecule has 0 atom stereocenters. The molecule has 0 unspecified atom stereocenters. The van der Waals surface area contributed by atoms with Gasteiger partial charge in [-0.05, 0) is 47.4 Å². The summed E-state index contributed by atoms with van der Waals surface area (Å²) in [5.74, 6) is -0.191. The fourth-order valence-electron chi connectivity index (χ4n) is 3.76. The number of rotatable bonds is 11. The van der Waals surface area contributed by atoms with Crippen LogP contribution < -0.4 is 0 Å². The summed E-state index contributed by atoms with van der Waals surface area (Å²) < 4.78 is 5.46. The van der Waals surface area contributed by atoms with Gasteiger partial charge in [0.15, 0.2) is 0 Å². The molecule has 0 bridgehead atoms. The molecule has 1 saturated carbocycles. The fourth-order valence-corrected chi connectivity index (χ4v) is 3.76. The minimum Gasteiger partial charge on any atom is -0.462 e. The molecular weight excluding hydrogens is 370 g/mol. The highest BCUT2D eigenvalue weighted by Gasteiger charge is 2.32. The molecule has 0 amide bonds. The second kappa shape index (κ2) is 11.4. The van der Waals surface area contributed by atoms with Crippen LogP contribution in [0, 0.1) is 17.2 Å². The summed E-state index contributed by atoms with van der Waals surface area (Å²) in [6.45, 7) is 2.59. The van der Waals surface area contributed by atoms with E-state index in [1.54, 1.807) is 0 Å². The van der Waals surface area contributed by atoms with E-state index in [2.05, 4.69) is 37.3 Å². The zero-order valence-corrected chi connectivity index (χ0v) is 17.9. The summed E-state index contributed by atoms with van der Waals surface area (Å²) in [5, 5.41) is 9.73. The number of carbonyl (C=O) groups excluding carboxylic acids is 1. The lowest BCUT2D eigenvalue weighted by atomic mass is 9.94. The second-order valence-corrected chi connectivity index (χ2v) is 8.02. The van der Waals surface area contributed by atoms with Crippen molar-refractivity contribution >= 4 is 11.5 Å². The number of esters is 1. The van der Waals surface area contributed by atoms with E-state index in [9.17, 15) is 10.1 Å². The Morgan fingerprint density at radius 2 is 1.57 bits per heavy atom. The number of nitrogens with zero attached hydrogens (tertiary/aromatic N) is 1. The summed E-state index contributed by atoms with van der Waals surface area (Å²) >= 11 is 0. The van der Waals surface area contributed by atoms with Gasteiger partial charge < -0.3 is 4.74 Å². The second-order valence-electron chi connectivity index (χ2n) is 8.02. The normalized spacial score (nSPS) is 14.0. The molecule has 30 heavy (non-hydrogen) atoms. The minimum absolute atomic E-state index is 0.177. The van der Waals surface area contributed by atoms with Gasteiger partial charge in [-0.2, -0.15) is 5.26 Å². The van der Waals surface area contributed by atoms with E-state index < -0.39 is 5.97 Å². The molecule has 156 valence electrons. The maximum absolute atomic E-state index is 12.6. The van der Waals surface area contributed by atoms with Crippen molar-refractivity contribution in [2.75, 3.05) is 6.61 Å². The molecule has 2 aromatic rings. The number of allylic oxidation sites excluding steroid dienone is 1. The Morgan fingerprint density at radius 1 is 0.933 bits per heavy atom. The van der Waals surface area contributed by atoms with Crippen molar-refractivity contribution in [2.45, 2.75) is 58.3 Å². The van der Waals surface area contributed by atoms with Crippen LogP contribution in [-0.4, -0.2) is 12.6 Å². The number of nitriles is 1. The third kappa shape index (κ3) is 6.07. The monoisotopic (exact) mass is 401 g/mol. The lowest BCUT2D eigenvalue weighted by Gasteiger charge is -2.11. The Morgan fingerprint density at radius 3 is 2.20 bits per heavy atom. The van der Waals surface area contributed by atoms with E-state index >= 15 is 0 Å². The van der Waals surface area contributed by atoms with E-state index in [0.717, 1.165) is 47.9 Å². The van der Waals surface area contributed by atoms with Gasteiger partial charge in [-0.3, -0.25) is 0 Å². The third-order valence-corrected chi connectivity index (χ3v) is 5.60. The van der Waals surface area contributed by atoms with Gasteiger partial charge in [-0.15, -0.1) is 0 Å². The Labute approximate surface area is 180 Å². The van der Waals surface area contributed by atoms with Gasteiger partial charge in [0.25, 0.3) is 0 Å². The van der Waals surface area contributed by atoms with Crippen molar-refractivity contribution in [1.82, 2.24) is 0 Å². The Balaban J connectivity index is 1.68. The van der Waals surface area contributed by atoms with Gasteiger partial charge in [0, 0.05) is 0 Å². The summed E-state index contributed by atoms with van der Waals surface area (Å²) in [4.78, 5) is 12.6. The highest BCUT2D eigenvalue weighted by Crippen LogP contribution is 2.44. The van der Waals surface area contributed by atoms with Gasteiger partial charge in [0.05, 0.1) is 6.61 Å². The summed E-state index contributed by atoms with van der Waals surface area (Å²) in [7, 11) is 0. The maximum Gasteiger partial charge on any atom is 0.349 e. The zero-order chi connectivity index (χ0) is 21.2. The number of unbranched alkanes of at least 4 members (excludes halogenated alkanes) is 5. The van der Waals surface area contributed by atoms with Crippen LogP contribution in [0.4, 0.5) is 0 Å². The molecule has 3 nitrogen and oxygen atoms in total. The molecule has 1 aliphatic carbocycles. The molecule has 3 rings (SSSR count). The van der Waals surface area contributed by atoms with Crippen molar-refractivity contribution in [3.05, 3.63) is 65.7 Å². The average Bonchev–Trinajstić information content (AvgIpc) is 3.62. The number of hydrogen-bond acceptors (Lipinski definition) is 3. The average molecular weight is 402 g/mol. The summed E-state index contributed by atoms with van der Waals surface area (Å²) in [6, 6.07) is 20.5. The topological polar surface area (TPSA) is 50.1 Å². The molecule has 2 aromatic carbocycles. The smallest absolute Gasteiger partial charge is 0.349 e. The van der Waals surface area contributed by atoms with Crippen molar-refractivity contribution in [3.63, 3.8) is 0 Å². The fraction of sp³-hybridized carbons (Fsp3) is 0.407. The van der Waals surface area contributed by atoms with Crippen LogP contribution in [0.1, 0.15) is 63.9 Å². The first-order valence-corrected chi connectivity index (χ1v) is 11.2. The third-order valence-electron chi connectivity index (χ3n) is 5.60. The standard InChI is InChI=1S/C27H31NO2/c1-2-3-4-5-6-10-19-30-27(29)25(20-28)26(24-17-18-24)23-15-13-22(14-16-23)21-11-8-7-9-12-21/h7-9,11-16,24H,2-6,10,17-19H2,1H3/b26-25-. The molecule has 0 radical (unpaired) electrons. The van der Waals surface area contributed by atoms with Crippen LogP contribution in [-0.2, 0) is 9.53 Å². The van der Waals surface area contributed by atoms with Crippen molar-refractivity contribution < 1.29 is 9.53 Å². The summed E-state index contributed by atoms with van der Waals surface area (Å²) in [6.07, 6.45) is 8.86. The Hall–Kier alpha value is -2.86. The van der Waals surface area contributed by atoms with Gasteiger partial charge >= 0.3 is 5.97 Å². The van der Waals surface area contributed by atoms with Crippen LogP contribution in [0.25, 0.3) is 16.7 Å². The lowest BCUT2D eigenvalue weighted by molar-refractivity contribution is -0.138. The van der Waals surface area contributed by atoms with Crippen LogP contribution in [0.15, 0.2) is 60.2 Å². The Bertz CT molecular complexity index is 887. The van der Waals surface area contributed by atoms with Gasteiger partial charge in [0.1, 0.15) is 11.6 Å². The molecule has 1 fully saturated rings. The highest BCUT2D eigenvalue weighted by molar-refractivity contribution is 6.02. The first-order chi connectivity index (χ1) is 14.7. The van der Waals surface area contributed by atoms with E-state index in [4.69, 9.17) is 4.74 Å². The van der Waals surface area contributed by atoms with Gasteiger partial charge in [-0.1, -0.05) is 93.6 Å². The van der Waals surface area contributed by atoms with E-state index in [1.165, 1.54) is 25.7 Å². The minimum atomic E-state index is -0.472. The molecule has 1 aliphatic rings. The first kappa shape index (κ1) is 21.8. The SMILES string of the molecule is CCCCCCCCOC(=O)/C(C#N)=C(/c1ccc(-c2ccccc2)cc1)C1CC1. The largest absolute Gasteiger partial charge is 0.462 e. The van der Waals surface area contributed by atoms with E-state index in [1.807, 2.05) is 30.3 Å². The quantitative estimate of drug-likeness (QED) is 0.177. The predicted octanol–water partition coefficient (Wildman–Crippen LogP) is 6.94. The maximum atomic E-state index is 12.6. The number of ether oxygens (including phenoxy) is 1. The van der Waals surface area contributed by atoms with E-state index in [0.29, 0.717) is 6.61 Å². The Kier molecular flexibility index (Phi) is 8.27. The van der Waals surface area contributed by atoms with Crippen LogP contribution in [0.3, 0.4) is 0 Å². The molecule has 0 saturated heterocycles. The van der Waals surface area contributed by atoms with E-state index in [-0.39, 0.29) is 11.5 Å². The van der Waals surface area contributed by atoms with Gasteiger partial charge in [0.2, 0.25) is 0 Å². The van der Waals surface area contributed by atoms with Crippen LogP contribution in [0.5, 0.6) is 0 Å². The lowest BCUT2D eigenvalue weighted by Crippen LogP contribution is -2.11. The molecule has 3 heteroatoms. The van der Waals surface area contributed by atoms with Crippen LogP contribution in [0.2, 0.25) is 0 Å². The molecule has 0 heterocycles. The highest BCUT2D eigenvalue weighted by atomic mass is 16.5. The van der Waals surface area contributed by atoms with Crippen molar-refractivity contribution in [3.8, 4) is 17.2 Å². The molecule has 0 aliphatic heterocycles. The predicted molar refractivity (Wildman–Crippen MR) is 121 cm³/mol. The number of hydrogen-bond donors (Lipinski definition) is 0. The molecule has 0 N–H and O–H groups in total. The summed E-state index contributed by atoms with van der Waals surface area (Å²) in [5.41, 5.74) is 4.25. The molecule has 0 spiro atoms.